The van der Waals surface area contributed by atoms with Crippen molar-refractivity contribution in [3.05, 3.63) is 16.0 Å². The molecule has 0 aromatic rings. The molecule has 0 unspecified atom stereocenters. The highest BCUT2D eigenvalue weighted by Gasteiger charge is 2.13. The van der Waals surface area contributed by atoms with Crippen LogP contribution < -0.4 is 0 Å². The maximum Gasteiger partial charge on any atom is 0.471 e. The Kier molecular flexibility index (Phi) is 7.93. The molecule has 0 aliphatic rings. The van der Waals surface area contributed by atoms with Crippen molar-refractivity contribution in [1.29, 1.82) is 0 Å². The fraction of sp³-hybridized carbons (Fsp3) is 1.00. The first-order valence-electron chi connectivity index (χ1n) is 1.96. The van der Waals surface area contributed by atoms with Gasteiger partial charge in [0.25, 0.3) is 0 Å². The fourth-order valence-corrected chi connectivity index (χ4v) is 0.224. The van der Waals surface area contributed by atoms with E-state index in [0.29, 0.717) is 0 Å². The zero-order valence-corrected chi connectivity index (χ0v) is 6.36. The third-order valence-electron chi connectivity index (χ3n) is 0.461. The van der Waals surface area contributed by atoms with Gasteiger partial charge in [-0.2, -0.15) is 0 Å². The molecule has 7 nitrogen and oxygen atoms in total. The second-order valence-corrected chi connectivity index (χ2v) is 2.59. The topological polar surface area (TPSA) is 114 Å². The minimum atomic E-state index is -3.65. The molecule has 0 amide bonds. The van der Waals surface area contributed by atoms with Crippen molar-refractivity contribution in [3.63, 3.8) is 0 Å². The highest BCUT2D eigenvalue weighted by Crippen LogP contribution is 2.40. The zero-order valence-electron chi connectivity index (χ0n) is 5.46. The van der Waals surface area contributed by atoms with Crippen LogP contribution in [0.4, 0.5) is 0 Å². The summed E-state index contributed by atoms with van der Waals surface area (Å²) in [5.41, 5.74) is 13.5. The van der Waals surface area contributed by atoms with Crippen LogP contribution in [-0.2, 0) is 13.6 Å². The number of hydrogen-bond acceptors (Lipinski definition) is 3. The van der Waals surface area contributed by atoms with Gasteiger partial charge in [-0.3, -0.25) is 14.0 Å². The van der Waals surface area contributed by atoms with Gasteiger partial charge in [-0.05, 0) is 0 Å². The van der Waals surface area contributed by atoms with Crippen LogP contribution in [0.1, 0.15) is 0 Å². The van der Waals surface area contributed by atoms with Crippen LogP contribution >= 0.6 is 7.82 Å². The molecule has 1 N–H and O–H groups in total. The van der Waals surface area contributed by atoms with Gasteiger partial charge in [0.1, 0.15) is 0 Å². The predicted molar refractivity (Wildman–Crippen MR) is 33.9 cm³/mol. The van der Waals surface area contributed by atoms with Crippen LogP contribution in [-0.4, -0.2) is 19.1 Å². The van der Waals surface area contributed by atoms with Crippen molar-refractivity contribution in [2.45, 2.75) is 0 Å². The summed E-state index contributed by atoms with van der Waals surface area (Å²) >= 11 is 0. The number of phosphoric ester groups is 1. The molecule has 0 aromatic carbocycles. The Morgan fingerprint density at radius 1 is 1.40 bits per heavy atom. The maximum absolute atomic E-state index is 10.1. The van der Waals surface area contributed by atoms with Crippen LogP contribution in [0.25, 0.3) is 16.0 Å². The van der Waals surface area contributed by atoms with Crippen molar-refractivity contribution >= 4 is 7.82 Å². The molecule has 60 valence electrons. The van der Waals surface area contributed by atoms with E-state index in [1.807, 2.05) is 0 Å². The standard InChI is InChI=1S/C2H7O4P.N3/c1-5-7(3,4)6-2;1-3-2/h1-2H3,(H,3,4);/q;-1. The van der Waals surface area contributed by atoms with Gasteiger partial charge in [-0.1, -0.05) is 0 Å². The van der Waals surface area contributed by atoms with E-state index in [-0.39, 0.29) is 0 Å². The largest absolute Gasteiger partial charge is 0.471 e. The van der Waals surface area contributed by atoms with Crippen molar-refractivity contribution in [3.8, 4) is 0 Å². The van der Waals surface area contributed by atoms with Gasteiger partial charge >= 0.3 is 7.82 Å². The molecule has 0 radical (unpaired) electrons. The molecule has 8 heteroatoms. The van der Waals surface area contributed by atoms with Crippen molar-refractivity contribution in [1.82, 2.24) is 0 Å². The Labute approximate surface area is 57.6 Å². The lowest BCUT2D eigenvalue weighted by atomic mass is 11.8. The zero-order chi connectivity index (χ0) is 8.62. The Balaban J connectivity index is 0. The molecular formula is C2H7N3O4P-. The first-order valence-corrected chi connectivity index (χ1v) is 3.46. The predicted octanol–water partition coefficient (Wildman–Crippen LogP) is 1.25. The maximum atomic E-state index is 10.1. The SMILES string of the molecule is COP(=O)(O)OC.[N-]=[N+]=[N-]. The molecule has 0 rings (SSSR count). The average Bonchev–Trinajstić information content (AvgIpc) is 1.90. The van der Waals surface area contributed by atoms with Crippen molar-refractivity contribution in [2.24, 2.45) is 0 Å². The normalized spacial score (nSPS) is 9.10. The first-order chi connectivity index (χ1) is 4.54. The second-order valence-electron chi connectivity index (χ2n) is 0.923. The first kappa shape index (κ1) is 12.1. The minimum Gasteiger partial charge on any atom is -0.373 e. The quantitative estimate of drug-likeness (QED) is 0.289. The van der Waals surface area contributed by atoms with Crippen molar-refractivity contribution < 1.29 is 18.5 Å². The highest BCUT2D eigenvalue weighted by atomic mass is 31.2. The Hall–Kier alpha value is -0.580. The molecule has 0 aromatic heterocycles. The summed E-state index contributed by atoms with van der Waals surface area (Å²) < 4.78 is 18.0. The fourth-order valence-electron chi connectivity index (χ4n) is 0.0745. The second kappa shape index (κ2) is 6.54. The highest BCUT2D eigenvalue weighted by molar-refractivity contribution is 7.47. The number of hydrogen-bond donors (Lipinski definition) is 1. The van der Waals surface area contributed by atoms with Gasteiger partial charge in [-0.25, -0.2) is 4.57 Å². The summed E-state index contributed by atoms with van der Waals surface area (Å²) in [6.45, 7) is 0. The van der Waals surface area contributed by atoms with Gasteiger partial charge in [0.2, 0.25) is 0 Å². The molecule has 0 fully saturated rings. The monoisotopic (exact) mass is 168 g/mol. The molecule has 0 saturated carbocycles. The molecule has 0 aliphatic heterocycles. The van der Waals surface area contributed by atoms with Gasteiger partial charge in [0.15, 0.2) is 0 Å². The lowest BCUT2D eigenvalue weighted by Gasteiger charge is -2.01. The molecule has 0 bridgehead atoms. The van der Waals surface area contributed by atoms with E-state index in [1.54, 1.807) is 0 Å². The van der Waals surface area contributed by atoms with E-state index in [0.717, 1.165) is 14.2 Å². The Morgan fingerprint density at radius 2 is 1.60 bits per heavy atom. The molecule has 0 saturated heterocycles. The third kappa shape index (κ3) is 10.4. The molecule has 10 heavy (non-hydrogen) atoms. The summed E-state index contributed by atoms with van der Waals surface area (Å²) in [6.07, 6.45) is 0. The molecule has 0 heterocycles. The summed E-state index contributed by atoms with van der Waals surface area (Å²) in [7, 11) is -1.45. The van der Waals surface area contributed by atoms with Crippen molar-refractivity contribution in [2.75, 3.05) is 14.2 Å². The average molecular weight is 168 g/mol. The van der Waals surface area contributed by atoms with E-state index < -0.39 is 7.82 Å². The Bertz CT molecular complexity index is 145. The van der Waals surface area contributed by atoms with E-state index in [4.69, 9.17) is 16.0 Å². The summed E-state index contributed by atoms with van der Waals surface area (Å²) in [5, 5.41) is 0. The van der Waals surface area contributed by atoms with E-state index in [9.17, 15) is 4.57 Å². The summed E-state index contributed by atoms with van der Waals surface area (Å²) in [6, 6.07) is 0. The minimum absolute atomic E-state index is 1.10. The molecule has 0 aliphatic carbocycles. The van der Waals surface area contributed by atoms with E-state index in [2.05, 4.69) is 9.05 Å². The van der Waals surface area contributed by atoms with Crippen LogP contribution in [0.2, 0.25) is 0 Å². The molecule has 0 atom stereocenters. The lowest BCUT2D eigenvalue weighted by Crippen LogP contribution is -1.83. The van der Waals surface area contributed by atoms with E-state index in [1.165, 1.54) is 4.91 Å². The number of rotatable bonds is 2. The van der Waals surface area contributed by atoms with Gasteiger partial charge in [-0.15, -0.1) is 0 Å². The number of phosphoric acid groups is 1. The van der Waals surface area contributed by atoms with Crippen LogP contribution in [0, 0.1) is 0 Å². The van der Waals surface area contributed by atoms with E-state index >= 15 is 0 Å². The van der Waals surface area contributed by atoms with Gasteiger partial charge < -0.3 is 16.0 Å². The lowest BCUT2D eigenvalue weighted by molar-refractivity contribution is 0.204. The van der Waals surface area contributed by atoms with Gasteiger partial charge in [0, 0.05) is 14.2 Å². The smallest absolute Gasteiger partial charge is 0.373 e. The van der Waals surface area contributed by atoms with Crippen LogP contribution in [0.3, 0.4) is 0 Å². The summed E-state index contributed by atoms with van der Waals surface area (Å²) in [5.74, 6) is 0. The third-order valence-corrected chi connectivity index (χ3v) is 1.38. The van der Waals surface area contributed by atoms with Crippen LogP contribution in [0.5, 0.6) is 0 Å². The van der Waals surface area contributed by atoms with Gasteiger partial charge in [0.05, 0.1) is 0 Å². The number of nitrogens with zero attached hydrogens (tertiary/aromatic N) is 3. The summed E-state index contributed by atoms with van der Waals surface area (Å²) in [4.78, 5) is 9.74. The Morgan fingerprint density at radius 3 is 1.60 bits per heavy atom. The molecular weight excluding hydrogens is 161 g/mol. The van der Waals surface area contributed by atoms with Crippen LogP contribution in [0.15, 0.2) is 0 Å². The molecule has 0 spiro atoms.